The van der Waals surface area contributed by atoms with Crippen LogP contribution in [0, 0.1) is 0 Å². The van der Waals surface area contributed by atoms with E-state index in [1.165, 1.54) is 14.2 Å². The van der Waals surface area contributed by atoms with E-state index >= 15 is 0 Å². The molecule has 6 heteroatoms. The van der Waals surface area contributed by atoms with Gasteiger partial charge >= 0.3 is 0 Å². The predicted molar refractivity (Wildman–Crippen MR) is 66.1 cm³/mol. The van der Waals surface area contributed by atoms with Gasteiger partial charge < -0.3 is 15.2 Å². The van der Waals surface area contributed by atoms with Crippen molar-refractivity contribution >= 4 is 9.84 Å². The van der Waals surface area contributed by atoms with Crippen molar-refractivity contribution in [1.82, 2.24) is 0 Å². The Kier molecular flexibility index (Phi) is 4.77. The Bertz CT molecular complexity index is 470. The molecule has 0 fully saturated rings. The first-order valence-electron chi connectivity index (χ1n) is 5.14. The van der Waals surface area contributed by atoms with Crippen LogP contribution in [0.5, 0.6) is 11.5 Å². The van der Waals surface area contributed by atoms with Gasteiger partial charge in [0, 0.05) is 6.54 Å². The maximum Gasteiger partial charge on any atom is 0.161 e. The molecule has 0 saturated heterocycles. The van der Waals surface area contributed by atoms with Gasteiger partial charge in [0.25, 0.3) is 0 Å². The lowest BCUT2D eigenvalue weighted by molar-refractivity contribution is 0.354. The Balaban J connectivity index is 2.93. The molecule has 0 aliphatic heterocycles. The van der Waals surface area contributed by atoms with Crippen LogP contribution in [0.15, 0.2) is 18.2 Å². The molecule has 0 aromatic heterocycles. The van der Waals surface area contributed by atoms with Gasteiger partial charge in [-0.2, -0.15) is 0 Å². The molecule has 0 unspecified atom stereocenters. The third-order valence-corrected chi connectivity index (χ3v) is 3.89. The van der Waals surface area contributed by atoms with Crippen LogP contribution in [-0.4, -0.2) is 34.9 Å². The standard InChI is InChI=1S/C11H17NO4S/c1-15-10-4-3-9(7-11(10)16-2)8-17(13,14)6-5-12/h3-4,7H,5-6,8,12H2,1-2H3. The first-order chi connectivity index (χ1) is 8.02. The van der Waals surface area contributed by atoms with Crippen molar-refractivity contribution in [3.05, 3.63) is 23.8 Å². The Morgan fingerprint density at radius 1 is 1.18 bits per heavy atom. The highest BCUT2D eigenvalue weighted by Crippen LogP contribution is 2.28. The van der Waals surface area contributed by atoms with Gasteiger partial charge in [-0.3, -0.25) is 0 Å². The number of rotatable bonds is 6. The Hall–Kier alpha value is -1.27. The second kappa shape index (κ2) is 5.88. The summed E-state index contributed by atoms with van der Waals surface area (Å²) in [6.07, 6.45) is 0. The average Bonchev–Trinajstić information content (AvgIpc) is 2.28. The lowest BCUT2D eigenvalue weighted by Crippen LogP contribution is -2.17. The average molecular weight is 259 g/mol. The molecule has 0 spiro atoms. The maximum absolute atomic E-state index is 11.6. The zero-order valence-electron chi connectivity index (χ0n) is 9.97. The molecule has 1 aromatic rings. The molecule has 0 heterocycles. The third-order valence-electron chi connectivity index (χ3n) is 2.26. The third kappa shape index (κ3) is 3.90. The SMILES string of the molecule is COc1ccc(CS(=O)(=O)CCN)cc1OC. The normalized spacial score (nSPS) is 11.2. The zero-order valence-corrected chi connectivity index (χ0v) is 10.8. The minimum Gasteiger partial charge on any atom is -0.493 e. The maximum atomic E-state index is 11.6. The van der Waals surface area contributed by atoms with Crippen LogP contribution >= 0.6 is 0 Å². The molecule has 0 aliphatic carbocycles. The summed E-state index contributed by atoms with van der Waals surface area (Å²) in [5.74, 6) is 1.05. The predicted octanol–water partition coefficient (Wildman–Crippen LogP) is 0.577. The second-order valence-electron chi connectivity index (χ2n) is 3.57. The Morgan fingerprint density at radius 2 is 1.82 bits per heavy atom. The summed E-state index contributed by atoms with van der Waals surface area (Å²) in [5, 5.41) is 0. The van der Waals surface area contributed by atoms with Crippen molar-refractivity contribution < 1.29 is 17.9 Å². The van der Waals surface area contributed by atoms with Gasteiger partial charge in [-0.25, -0.2) is 8.42 Å². The summed E-state index contributed by atoms with van der Waals surface area (Å²) in [6.45, 7) is 0.135. The number of benzene rings is 1. The zero-order chi connectivity index (χ0) is 12.9. The molecule has 0 amide bonds. The van der Waals surface area contributed by atoms with E-state index < -0.39 is 9.84 Å². The van der Waals surface area contributed by atoms with Crippen LogP contribution in [-0.2, 0) is 15.6 Å². The van der Waals surface area contributed by atoms with Crippen molar-refractivity contribution in [1.29, 1.82) is 0 Å². The molecule has 0 radical (unpaired) electrons. The lowest BCUT2D eigenvalue weighted by atomic mass is 10.2. The number of methoxy groups -OCH3 is 2. The largest absolute Gasteiger partial charge is 0.493 e. The highest BCUT2D eigenvalue weighted by Gasteiger charge is 2.13. The van der Waals surface area contributed by atoms with Crippen LogP contribution in [0.25, 0.3) is 0 Å². The van der Waals surface area contributed by atoms with E-state index in [9.17, 15) is 8.42 Å². The smallest absolute Gasteiger partial charge is 0.161 e. The van der Waals surface area contributed by atoms with E-state index in [1.54, 1.807) is 18.2 Å². The molecular weight excluding hydrogens is 242 g/mol. The second-order valence-corrected chi connectivity index (χ2v) is 5.75. The molecular formula is C11H17NO4S. The molecule has 0 saturated carbocycles. The fourth-order valence-corrected chi connectivity index (χ4v) is 2.67. The van der Waals surface area contributed by atoms with E-state index in [-0.39, 0.29) is 18.1 Å². The first-order valence-corrected chi connectivity index (χ1v) is 6.96. The van der Waals surface area contributed by atoms with Crippen LogP contribution in [0.1, 0.15) is 5.56 Å². The number of sulfone groups is 1. The fourth-order valence-electron chi connectivity index (χ4n) is 1.48. The quantitative estimate of drug-likeness (QED) is 0.808. The number of ether oxygens (including phenoxy) is 2. The van der Waals surface area contributed by atoms with Crippen LogP contribution < -0.4 is 15.2 Å². The first kappa shape index (κ1) is 13.8. The van der Waals surface area contributed by atoms with Crippen molar-refractivity contribution in [3.63, 3.8) is 0 Å². The van der Waals surface area contributed by atoms with Gasteiger partial charge in [-0.1, -0.05) is 6.07 Å². The van der Waals surface area contributed by atoms with Crippen LogP contribution in [0.2, 0.25) is 0 Å². The summed E-state index contributed by atoms with van der Waals surface area (Å²) < 4.78 is 33.4. The molecule has 1 aromatic carbocycles. The molecule has 0 bridgehead atoms. The Morgan fingerprint density at radius 3 is 2.35 bits per heavy atom. The highest BCUT2D eigenvalue weighted by molar-refractivity contribution is 7.90. The molecule has 5 nitrogen and oxygen atoms in total. The highest BCUT2D eigenvalue weighted by atomic mass is 32.2. The topological polar surface area (TPSA) is 78.6 Å². The van der Waals surface area contributed by atoms with Crippen LogP contribution in [0.3, 0.4) is 0 Å². The van der Waals surface area contributed by atoms with E-state index in [2.05, 4.69) is 0 Å². The minimum absolute atomic E-state index is 0.0126. The van der Waals surface area contributed by atoms with E-state index in [0.717, 1.165) is 0 Å². The van der Waals surface area contributed by atoms with E-state index in [0.29, 0.717) is 17.1 Å². The van der Waals surface area contributed by atoms with Crippen molar-refractivity contribution in [3.8, 4) is 11.5 Å². The minimum atomic E-state index is -3.15. The van der Waals surface area contributed by atoms with Gasteiger partial charge in [0.1, 0.15) is 0 Å². The summed E-state index contributed by atoms with van der Waals surface area (Å²) in [7, 11) is -0.110. The summed E-state index contributed by atoms with van der Waals surface area (Å²) >= 11 is 0. The van der Waals surface area contributed by atoms with Crippen molar-refractivity contribution in [2.24, 2.45) is 5.73 Å². The summed E-state index contributed by atoms with van der Waals surface area (Å²) in [4.78, 5) is 0. The number of hydrogen-bond acceptors (Lipinski definition) is 5. The van der Waals surface area contributed by atoms with Gasteiger partial charge in [0.15, 0.2) is 21.3 Å². The van der Waals surface area contributed by atoms with Crippen molar-refractivity contribution in [2.75, 3.05) is 26.5 Å². The Labute approximate surface area is 101 Å². The fraction of sp³-hybridized carbons (Fsp3) is 0.455. The molecule has 1 rings (SSSR count). The van der Waals surface area contributed by atoms with Crippen LogP contribution in [0.4, 0.5) is 0 Å². The molecule has 2 N–H and O–H groups in total. The van der Waals surface area contributed by atoms with E-state index in [4.69, 9.17) is 15.2 Å². The molecule has 0 aliphatic rings. The monoisotopic (exact) mass is 259 g/mol. The number of nitrogens with two attached hydrogens (primary N) is 1. The lowest BCUT2D eigenvalue weighted by Gasteiger charge is -2.09. The van der Waals surface area contributed by atoms with Gasteiger partial charge in [0.2, 0.25) is 0 Å². The van der Waals surface area contributed by atoms with Gasteiger partial charge in [-0.05, 0) is 17.7 Å². The van der Waals surface area contributed by atoms with E-state index in [1.807, 2.05) is 0 Å². The summed E-state index contributed by atoms with van der Waals surface area (Å²) in [5.41, 5.74) is 5.91. The summed E-state index contributed by atoms with van der Waals surface area (Å²) in [6, 6.07) is 5.05. The van der Waals surface area contributed by atoms with Crippen molar-refractivity contribution in [2.45, 2.75) is 5.75 Å². The molecule has 96 valence electrons. The van der Waals surface area contributed by atoms with Gasteiger partial charge in [0.05, 0.1) is 25.7 Å². The molecule has 17 heavy (non-hydrogen) atoms. The number of hydrogen-bond donors (Lipinski definition) is 1. The van der Waals surface area contributed by atoms with Gasteiger partial charge in [-0.15, -0.1) is 0 Å². The molecule has 0 atom stereocenters.